The van der Waals surface area contributed by atoms with Crippen LogP contribution in [0.25, 0.3) is 11.3 Å². The van der Waals surface area contributed by atoms with Gasteiger partial charge in [0, 0.05) is 28.6 Å². The number of aromatic nitrogens is 2. The first kappa shape index (κ1) is 10.6. The topological polar surface area (TPSA) is 46.0 Å². The van der Waals surface area contributed by atoms with Crippen molar-refractivity contribution >= 4 is 31.9 Å². The molecule has 2 aromatic heterocycles. The molecule has 1 N–H and O–H groups in total. The third kappa shape index (κ3) is 2.03. The summed E-state index contributed by atoms with van der Waals surface area (Å²) < 4.78 is 1.46. The Kier molecular flexibility index (Phi) is 3.02. The van der Waals surface area contributed by atoms with E-state index in [0.717, 1.165) is 10.0 Å². The van der Waals surface area contributed by atoms with Crippen LogP contribution in [-0.4, -0.2) is 15.1 Å². The van der Waals surface area contributed by atoms with E-state index in [-0.39, 0.29) is 5.75 Å². The van der Waals surface area contributed by atoms with Gasteiger partial charge in [0.2, 0.25) is 0 Å². The van der Waals surface area contributed by atoms with Crippen LogP contribution in [-0.2, 0) is 0 Å². The maximum Gasteiger partial charge on any atom is 0.156 e. The highest BCUT2D eigenvalue weighted by atomic mass is 79.9. The summed E-state index contributed by atoms with van der Waals surface area (Å²) in [5.74, 6) is 0.117. The van der Waals surface area contributed by atoms with Gasteiger partial charge in [0.25, 0.3) is 0 Å². The Bertz CT molecular complexity index is 503. The SMILES string of the molecule is Oc1c(Br)ccnc1-c1cnccc1Br. The fourth-order valence-corrected chi connectivity index (χ4v) is 1.89. The van der Waals surface area contributed by atoms with Crippen LogP contribution in [0, 0.1) is 0 Å². The Morgan fingerprint density at radius 3 is 2.53 bits per heavy atom. The molecule has 2 aromatic rings. The molecule has 0 aliphatic carbocycles. The van der Waals surface area contributed by atoms with E-state index in [9.17, 15) is 5.11 Å². The first-order valence-electron chi connectivity index (χ1n) is 4.13. The second kappa shape index (κ2) is 4.28. The van der Waals surface area contributed by atoms with Crippen molar-refractivity contribution in [3.63, 3.8) is 0 Å². The molecule has 0 saturated carbocycles. The molecule has 0 unspecified atom stereocenters. The van der Waals surface area contributed by atoms with Gasteiger partial charge in [0.05, 0.1) is 4.47 Å². The van der Waals surface area contributed by atoms with Crippen molar-refractivity contribution < 1.29 is 5.11 Å². The maximum absolute atomic E-state index is 9.82. The van der Waals surface area contributed by atoms with E-state index in [1.54, 1.807) is 30.7 Å². The van der Waals surface area contributed by atoms with Gasteiger partial charge in [-0.05, 0) is 44.0 Å². The summed E-state index contributed by atoms with van der Waals surface area (Å²) in [5, 5.41) is 9.82. The molecule has 76 valence electrons. The molecule has 3 nitrogen and oxygen atoms in total. The summed E-state index contributed by atoms with van der Waals surface area (Å²) in [4.78, 5) is 8.12. The number of hydrogen-bond acceptors (Lipinski definition) is 3. The molecular weight excluding hydrogens is 324 g/mol. The summed E-state index contributed by atoms with van der Waals surface area (Å²) in [6, 6.07) is 3.49. The predicted molar refractivity (Wildman–Crippen MR) is 64.5 cm³/mol. The van der Waals surface area contributed by atoms with E-state index in [2.05, 4.69) is 41.8 Å². The number of rotatable bonds is 1. The first-order chi connectivity index (χ1) is 7.20. The molecule has 0 spiro atoms. The van der Waals surface area contributed by atoms with Crippen molar-refractivity contribution in [2.75, 3.05) is 0 Å². The minimum Gasteiger partial charge on any atom is -0.505 e. The van der Waals surface area contributed by atoms with Crippen molar-refractivity contribution in [3.05, 3.63) is 39.7 Å². The maximum atomic E-state index is 9.82. The van der Waals surface area contributed by atoms with Crippen LogP contribution in [0.4, 0.5) is 0 Å². The van der Waals surface area contributed by atoms with Crippen LogP contribution in [0.1, 0.15) is 0 Å². The van der Waals surface area contributed by atoms with Gasteiger partial charge in [0.15, 0.2) is 5.75 Å². The summed E-state index contributed by atoms with van der Waals surface area (Å²) >= 11 is 6.63. The number of hydrogen-bond donors (Lipinski definition) is 1. The Morgan fingerprint density at radius 2 is 1.80 bits per heavy atom. The minimum atomic E-state index is 0.117. The second-order valence-electron chi connectivity index (χ2n) is 2.85. The highest BCUT2D eigenvalue weighted by molar-refractivity contribution is 9.11. The van der Waals surface area contributed by atoms with Crippen LogP contribution in [0.2, 0.25) is 0 Å². The van der Waals surface area contributed by atoms with Gasteiger partial charge in [-0.15, -0.1) is 0 Å². The van der Waals surface area contributed by atoms with Crippen LogP contribution in [0.5, 0.6) is 5.75 Å². The molecule has 0 fully saturated rings. The lowest BCUT2D eigenvalue weighted by Gasteiger charge is -2.06. The van der Waals surface area contributed by atoms with Gasteiger partial charge < -0.3 is 5.11 Å². The van der Waals surface area contributed by atoms with Crippen LogP contribution in [0.3, 0.4) is 0 Å². The van der Waals surface area contributed by atoms with Crippen molar-refractivity contribution in [1.82, 2.24) is 9.97 Å². The average molecular weight is 330 g/mol. The van der Waals surface area contributed by atoms with Crippen LogP contribution < -0.4 is 0 Å². The van der Waals surface area contributed by atoms with E-state index in [4.69, 9.17) is 0 Å². The zero-order valence-corrected chi connectivity index (χ0v) is 10.7. The molecule has 0 aliphatic heterocycles. The van der Waals surface area contributed by atoms with Crippen molar-refractivity contribution in [2.24, 2.45) is 0 Å². The minimum absolute atomic E-state index is 0.117. The fraction of sp³-hybridized carbons (Fsp3) is 0. The van der Waals surface area contributed by atoms with Gasteiger partial charge >= 0.3 is 0 Å². The van der Waals surface area contributed by atoms with Gasteiger partial charge in [-0.3, -0.25) is 9.97 Å². The standard InChI is InChI=1S/C10H6Br2N2O/c11-7-1-3-13-5-6(7)9-10(15)8(12)2-4-14-9/h1-5,15H. The van der Waals surface area contributed by atoms with Gasteiger partial charge in [-0.1, -0.05) is 0 Å². The average Bonchev–Trinajstić information content (AvgIpc) is 2.23. The van der Waals surface area contributed by atoms with E-state index in [0.29, 0.717) is 10.2 Å². The van der Waals surface area contributed by atoms with E-state index >= 15 is 0 Å². The van der Waals surface area contributed by atoms with Crippen LogP contribution >= 0.6 is 31.9 Å². The third-order valence-corrected chi connectivity index (χ3v) is 3.23. The zero-order chi connectivity index (χ0) is 10.8. The second-order valence-corrected chi connectivity index (χ2v) is 4.55. The third-order valence-electron chi connectivity index (χ3n) is 1.90. The van der Waals surface area contributed by atoms with E-state index < -0.39 is 0 Å². The van der Waals surface area contributed by atoms with Gasteiger partial charge in [0.1, 0.15) is 5.69 Å². The summed E-state index contributed by atoms with van der Waals surface area (Å²) in [5.41, 5.74) is 1.26. The molecular formula is C10H6Br2N2O. The Morgan fingerprint density at radius 1 is 1.07 bits per heavy atom. The molecule has 0 bridgehead atoms. The number of nitrogens with zero attached hydrogens (tertiary/aromatic N) is 2. The van der Waals surface area contributed by atoms with Crippen molar-refractivity contribution in [1.29, 1.82) is 0 Å². The Labute approximate surface area is 103 Å². The summed E-state index contributed by atoms with van der Waals surface area (Å²) in [6.07, 6.45) is 4.94. The molecule has 5 heteroatoms. The van der Waals surface area contributed by atoms with Crippen molar-refractivity contribution in [2.45, 2.75) is 0 Å². The zero-order valence-electron chi connectivity index (χ0n) is 7.48. The predicted octanol–water partition coefficient (Wildman–Crippen LogP) is 3.37. The molecule has 0 aromatic carbocycles. The van der Waals surface area contributed by atoms with Crippen molar-refractivity contribution in [3.8, 4) is 17.0 Å². The molecule has 0 radical (unpaired) electrons. The number of halogens is 2. The lowest BCUT2D eigenvalue weighted by Crippen LogP contribution is -1.87. The fourth-order valence-electron chi connectivity index (χ4n) is 1.18. The lowest BCUT2D eigenvalue weighted by atomic mass is 10.2. The molecule has 0 saturated heterocycles. The monoisotopic (exact) mass is 328 g/mol. The smallest absolute Gasteiger partial charge is 0.156 e. The molecule has 0 amide bonds. The van der Waals surface area contributed by atoms with Gasteiger partial charge in [-0.25, -0.2) is 0 Å². The largest absolute Gasteiger partial charge is 0.505 e. The first-order valence-corrected chi connectivity index (χ1v) is 5.72. The molecule has 0 atom stereocenters. The van der Waals surface area contributed by atoms with Gasteiger partial charge in [-0.2, -0.15) is 0 Å². The Balaban J connectivity index is 2.65. The highest BCUT2D eigenvalue weighted by Gasteiger charge is 2.11. The summed E-state index contributed by atoms with van der Waals surface area (Å²) in [6.45, 7) is 0. The Hall–Kier alpha value is -0.940. The summed E-state index contributed by atoms with van der Waals surface area (Å²) in [7, 11) is 0. The molecule has 2 rings (SSSR count). The quantitative estimate of drug-likeness (QED) is 0.872. The molecule has 2 heterocycles. The van der Waals surface area contributed by atoms with E-state index in [1.807, 2.05) is 0 Å². The van der Waals surface area contributed by atoms with Crippen LogP contribution in [0.15, 0.2) is 39.7 Å². The number of pyridine rings is 2. The normalized spacial score (nSPS) is 10.3. The lowest BCUT2D eigenvalue weighted by molar-refractivity contribution is 0.471. The number of aromatic hydroxyl groups is 1. The molecule has 0 aliphatic rings. The van der Waals surface area contributed by atoms with E-state index in [1.165, 1.54) is 0 Å². The highest BCUT2D eigenvalue weighted by Crippen LogP contribution is 2.35. The molecule has 15 heavy (non-hydrogen) atoms.